The minimum absolute atomic E-state index is 0.868. The lowest BCUT2D eigenvalue weighted by Gasteiger charge is -1.89. The van der Waals surface area contributed by atoms with Gasteiger partial charge in [0.05, 0.1) is 0 Å². The van der Waals surface area contributed by atoms with Crippen LogP contribution in [0.5, 0.6) is 0 Å². The molecule has 1 aromatic rings. The molecule has 0 aliphatic heterocycles. The van der Waals surface area contributed by atoms with Crippen molar-refractivity contribution in [1.29, 1.82) is 0 Å². The van der Waals surface area contributed by atoms with E-state index in [2.05, 4.69) is 33.5 Å². The molecule has 0 atom stereocenters. The zero-order valence-electron chi connectivity index (χ0n) is 4.00. The van der Waals surface area contributed by atoms with Crippen LogP contribution < -0.4 is 0 Å². The number of aromatic nitrogens is 1. The number of thiol groups is 1. The number of hydrogen-bond donors (Lipinski definition) is 1. The van der Waals surface area contributed by atoms with E-state index in [9.17, 15) is 0 Å². The number of nitrogens with zero attached hydrogens (tertiary/aromatic N) is 1. The van der Waals surface area contributed by atoms with Crippen LogP contribution in [0.25, 0.3) is 0 Å². The molecule has 0 aliphatic rings. The molecule has 0 bridgehead atoms. The topological polar surface area (TPSA) is 12.9 Å². The molecule has 0 aliphatic carbocycles. The van der Waals surface area contributed by atoms with Gasteiger partial charge in [0.1, 0.15) is 0 Å². The van der Waals surface area contributed by atoms with E-state index in [4.69, 9.17) is 0 Å². The molecule has 0 amide bonds. The molecule has 1 heterocycles. The average Bonchev–Trinajstić information content (AvgIpc) is 1.77. The Morgan fingerprint density at radius 3 is 2.75 bits per heavy atom. The monoisotopic (exact) mass is 189 g/mol. The predicted octanol–water partition coefficient (Wildman–Crippen LogP) is 2.13. The first-order chi connectivity index (χ1) is 3.80. The highest BCUT2D eigenvalue weighted by atomic mass is 79.9. The quantitative estimate of drug-likeness (QED) is 0.618. The average molecular weight is 190 g/mol. The van der Waals surface area contributed by atoms with E-state index < -0.39 is 0 Å². The highest BCUT2D eigenvalue weighted by Gasteiger charge is 1.88. The van der Waals surface area contributed by atoms with E-state index in [0.29, 0.717) is 0 Å². The Hall–Kier alpha value is -0.0200. The Labute approximate surface area is 61.7 Å². The minimum Gasteiger partial charge on any atom is -0.263 e. The lowest BCUT2D eigenvalue weighted by atomic mass is 10.5. The third kappa shape index (κ3) is 1.23. The summed E-state index contributed by atoms with van der Waals surface area (Å²) in [6, 6.07) is 1.85. The number of hydrogen-bond acceptors (Lipinski definition) is 2. The fourth-order valence-corrected chi connectivity index (χ4v) is 0.731. The van der Waals surface area contributed by atoms with Crippen molar-refractivity contribution in [2.24, 2.45) is 0 Å². The van der Waals surface area contributed by atoms with E-state index >= 15 is 0 Å². The minimum atomic E-state index is 0.868. The van der Waals surface area contributed by atoms with Crippen molar-refractivity contribution in [3.05, 3.63) is 22.9 Å². The van der Waals surface area contributed by atoms with Crippen LogP contribution in [0.2, 0.25) is 0 Å². The first-order valence-corrected chi connectivity index (χ1v) is 3.33. The van der Waals surface area contributed by atoms with Gasteiger partial charge in [-0.15, -0.1) is 12.6 Å². The lowest BCUT2D eigenvalue weighted by Crippen LogP contribution is -1.70. The summed E-state index contributed by atoms with van der Waals surface area (Å²) in [6.07, 6.45) is 3.40. The van der Waals surface area contributed by atoms with Gasteiger partial charge in [0.15, 0.2) is 0 Å². The van der Waals surface area contributed by atoms with Crippen molar-refractivity contribution in [3.8, 4) is 0 Å². The summed E-state index contributed by atoms with van der Waals surface area (Å²) in [7, 11) is 0. The van der Waals surface area contributed by atoms with E-state index in [1.165, 1.54) is 0 Å². The van der Waals surface area contributed by atoms with Crippen LogP contribution in [0.1, 0.15) is 0 Å². The molecule has 1 nitrogen and oxygen atoms in total. The molecule has 0 unspecified atom stereocenters. The zero-order valence-corrected chi connectivity index (χ0v) is 6.48. The molecule has 0 saturated carbocycles. The Bertz CT molecular complexity index is 169. The van der Waals surface area contributed by atoms with Crippen LogP contribution in [0.15, 0.2) is 27.8 Å². The van der Waals surface area contributed by atoms with Crippen LogP contribution in [0.3, 0.4) is 0 Å². The molecule has 0 aromatic carbocycles. The summed E-state index contributed by atoms with van der Waals surface area (Å²) in [6.45, 7) is 0. The van der Waals surface area contributed by atoms with Crippen LogP contribution >= 0.6 is 28.6 Å². The second kappa shape index (κ2) is 2.51. The molecule has 1 rings (SSSR count). The van der Waals surface area contributed by atoms with Crippen molar-refractivity contribution < 1.29 is 0 Å². The van der Waals surface area contributed by atoms with Gasteiger partial charge >= 0.3 is 0 Å². The van der Waals surface area contributed by atoms with Crippen molar-refractivity contribution in [1.82, 2.24) is 4.98 Å². The van der Waals surface area contributed by atoms with Crippen molar-refractivity contribution in [2.75, 3.05) is 0 Å². The fraction of sp³-hybridized carbons (Fsp3) is 0. The first-order valence-electron chi connectivity index (χ1n) is 2.09. The SMILES string of the molecule is Sc1cnccc1Br. The molecule has 0 radical (unpaired) electrons. The Morgan fingerprint density at radius 1 is 1.62 bits per heavy atom. The smallest absolute Gasteiger partial charge is 0.0412 e. The molecule has 0 saturated heterocycles. The van der Waals surface area contributed by atoms with E-state index in [1.807, 2.05) is 6.07 Å². The molecular formula is C5H4BrNS. The van der Waals surface area contributed by atoms with Crippen molar-refractivity contribution >= 4 is 28.6 Å². The number of halogens is 1. The van der Waals surface area contributed by atoms with Crippen molar-refractivity contribution in [2.45, 2.75) is 4.90 Å². The molecule has 0 N–H and O–H groups in total. The van der Waals surface area contributed by atoms with E-state index in [0.717, 1.165) is 9.37 Å². The highest BCUT2D eigenvalue weighted by Crippen LogP contribution is 2.16. The van der Waals surface area contributed by atoms with Gasteiger partial charge in [0.25, 0.3) is 0 Å². The predicted molar refractivity (Wildman–Crippen MR) is 39.2 cm³/mol. The third-order valence-electron chi connectivity index (χ3n) is 0.748. The highest BCUT2D eigenvalue weighted by molar-refractivity contribution is 9.10. The van der Waals surface area contributed by atoms with Gasteiger partial charge in [-0.3, -0.25) is 4.98 Å². The maximum absolute atomic E-state index is 4.09. The van der Waals surface area contributed by atoms with Gasteiger partial charge in [-0.25, -0.2) is 0 Å². The van der Waals surface area contributed by atoms with Crippen LogP contribution in [0, 0.1) is 0 Å². The second-order valence-electron chi connectivity index (χ2n) is 1.33. The summed E-state index contributed by atoms with van der Waals surface area (Å²) in [5.74, 6) is 0. The van der Waals surface area contributed by atoms with Crippen LogP contribution in [-0.2, 0) is 0 Å². The summed E-state index contributed by atoms with van der Waals surface area (Å²) < 4.78 is 0.982. The van der Waals surface area contributed by atoms with Gasteiger partial charge in [0, 0.05) is 21.8 Å². The summed E-state index contributed by atoms with van der Waals surface area (Å²) in [5.41, 5.74) is 0. The van der Waals surface area contributed by atoms with Crippen molar-refractivity contribution in [3.63, 3.8) is 0 Å². The van der Waals surface area contributed by atoms with Gasteiger partial charge in [-0.05, 0) is 22.0 Å². The Morgan fingerprint density at radius 2 is 2.38 bits per heavy atom. The number of pyridine rings is 1. The van der Waals surface area contributed by atoms with Gasteiger partial charge in [-0.2, -0.15) is 0 Å². The van der Waals surface area contributed by atoms with Gasteiger partial charge in [0.2, 0.25) is 0 Å². The van der Waals surface area contributed by atoms with Gasteiger partial charge in [-0.1, -0.05) is 0 Å². The molecule has 0 fully saturated rings. The standard InChI is InChI=1S/C5H4BrNS/c6-4-1-2-7-3-5(4)8/h1-3,8H. The van der Waals surface area contributed by atoms with Crippen LogP contribution in [-0.4, -0.2) is 4.98 Å². The second-order valence-corrected chi connectivity index (χ2v) is 2.66. The molecule has 42 valence electrons. The van der Waals surface area contributed by atoms with E-state index in [-0.39, 0.29) is 0 Å². The molecule has 0 spiro atoms. The lowest BCUT2D eigenvalue weighted by molar-refractivity contribution is 1.22. The summed E-state index contributed by atoms with van der Waals surface area (Å²) >= 11 is 7.37. The molecule has 1 aromatic heterocycles. The summed E-state index contributed by atoms with van der Waals surface area (Å²) in [4.78, 5) is 4.71. The maximum Gasteiger partial charge on any atom is 0.0412 e. The largest absolute Gasteiger partial charge is 0.263 e. The maximum atomic E-state index is 4.09. The molecule has 8 heavy (non-hydrogen) atoms. The van der Waals surface area contributed by atoms with Crippen LogP contribution in [0.4, 0.5) is 0 Å². The van der Waals surface area contributed by atoms with E-state index in [1.54, 1.807) is 12.4 Å². The summed E-state index contributed by atoms with van der Waals surface area (Å²) in [5, 5.41) is 0. The molecular weight excluding hydrogens is 186 g/mol. The third-order valence-corrected chi connectivity index (χ3v) is 2.10. The first kappa shape index (κ1) is 6.11. The van der Waals surface area contributed by atoms with Gasteiger partial charge < -0.3 is 0 Å². The number of rotatable bonds is 0. The fourth-order valence-electron chi connectivity index (χ4n) is 0.369. The Balaban J connectivity index is 3.13. The molecule has 3 heteroatoms. The normalized spacial score (nSPS) is 9.25. The zero-order chi connectivity index (χ0) is 5.98. The Kier molecular flexibility index (Phi) is 1.91.